The van der Waals surface area contributed by atoms with Gasteiger partial charge in [0.05, 0.1) is 11.8 Å². The number of hydrogen-bond donors (Lipinski definition) is 0. The smallest absolute Gasteiger partial charge is 0.292 e. The molecule has 3 aromatic rings. The van der Waals surface area contributed by atoms with Gasteiger partial charge in [-0.2, -0.15) is 5.10 Å². The zero-order chi connectivity index (χ0) is 21.5. The maximum atomic E-state index is 12.9. The number of Topliss-reactive ketones (excluding diaryl/α,β-unsaturated/α-hetero) is 1. The largest absolute Gasteiger partial charge is 0.489 e. The molecule has 2 aliphatic rings. The number of benzene rings is 1. The maximum Gasteiger partial charge on any atom is 0.292 e. The van der Waals surface area contributed by atoms with Crippen LogP contribution in [-0.4, -0.2) is 50.7 Å². The summed E-state index contributed by atoms with van der Waals surface area (Å²) in [5.74, 6) is 1.12. The van der Waals surface area contributed by atoms with Crippen LogP contribution in [0.2, 0.25) is 0 Å². The van der Waals surface area contributed by atoms with E-state index in [0.29, 0.717) is 36.5 Å². The van der Waals surface area contributed by atoms with Crippen LogP contribution in [0.25, 0.3) is 11.3 Å². The molecule has 1 fully saturated rings. The number of ketones is 1. The van der Waals surface area contributed by atoms with Crippen molar-refractivity contribution in [1.29, 1.82) is 0 Å². The summed E-state index contributed by atoms with van der Waals surface area (Å²) >= 11 is 0. The Labute approximate surface area is 179 Å². The quantitative estimate of drug-likeness (QED) is 0.646. The molecule has 1 aromatic carbocycles. The van der Waals surface area contributed by atoms with E-state index < -0.39 is 0 Å². The first kappa shape index (κ1) is 19.5. The first-order valence-corrected chi connectivity index (χ1v) is 10.5. The van der Waals surface area contributed by atoms with E-state index in [2.05, 4.69) is 10.3 Å². The summed E-state index contributed by atoms with van der Waals surface area (Å²) in [4.78, 5) is 27.2. The third-order valence-corrected chi connectivity index (χ3v) is 6.17. The molecule has 8 nitrogen and oxygen atoms in total. The van der Waals surface area contributed by atoms with Crippen LogP contribution < -0.4 is 4.74 Å². The van der Waals surface area contributed by atoms with E-state index >= 15 is 0 Å². The van der Waals surface area contributed by atoms with Crippen LogP contribution in [0.3, 0.4) is 0 Å². The number of ether oxygens (including phenoxy) is 1. The summed E-state index contributed by atoms with van der Waals surface area (Å²) < 4.78 is 13.1. The van der Waals surface area contributed by atoms with Gasteiger partial charge in [-0.15, -0.1) is 0 Å². The third-order valence-electron chi connectivity index (χ3n) is 6.17. The number of hydrogen-bond acceptors (Lipinski definition) is 6. The van der Waals surface area contributed by atoms with Crippen molar-refractivity contribution in [1.82, 2.24) is 19.8 Å². The fourth-order valence-corrected chi connectivity index (χ4v) is 4.42. The van der Waals surface area contributed by atoms with Crippen LogP contribution >= 0.6 is 0 Å². The van der Waals surface area contributed by atoms with Gasteiger partial charge in [0.1, 0.15) is 17.5 Å². The summed E-state index contributed by atoms with van der Waals surface area (Å²) in [5.41, 5.74) is 3.13. The van der Waals surface area contributed by atoms with Crippen LogP contribution in [0.15, 0.2) is 41.2 Å². The molecule has 8 heteroatoms. The maximum absolute atomic E-state index is 12.9. The molecule has 31 heavy (non-hydrogen) atoms. The molecule has 2 aromatic heterocycles. The SMILES string of the molecule is Cc1ccc2c(c1)C(=O)CC(C1CCN(C(=O)c3cc(-c4cnn(C)c4)no3)CC1)O2. The Balaban J connectivity index is 1.22. The Bertz CT molecular complexity index is 1140. The number of fused-ring (bicyclic) bond motifs is 1. The molecule has 0 spiro atoms. The van der Waals surface area contributed by atoms with Crippen LogP contribution in [0, 0.1) is 12.8 Å². The molecule has 0 aliphatic carbocycles. The highest BCUT2D eigenvalue weighted by Crippen LogP contribution is 2.34. The van der Waals surface area contributed by atoms with E-state index in [-0.39, 0.29) is 29.5 Å². The molecule has 0 bridgehead atoms. The standard InChI is InChI=1S/C23H24N4O4/c1-14-3-4-20-17(9-14)19(28)11-21(30-20)15-5-7-27(8-6-15)23(29)22-10-18(25-31-22)16-12-24-26(2)13-16/h3-4,9-10,12-13,15,21H,5-8,11H2,1-2H3. The van der Waals surface area contributed by atoms with Gasteiger partial charge in [-0.3, -0.25) is 14.3 Å². The summed E-state index contributed by atoms with van der Waals surface area (Å²) in [6, 6.07) is 7.41. The van der Waals surface area contributed by atoms with E-state index in [4.69, 9.17) is 9.26 Å². The van der Waals surface area contributed by atoms with E-state index in [1.807, 2.05) is 38.4 Å². The Hall–Kier alpha value is -3.42. The minimum Gasteiger partial charge on any atom is -0.489 e. The highest BCUT2D eigenvalue weighted by atomic mass is 16.5. The molecule has 5 rings (SSSR count). The molecule has 1 atom stereocenters. The molecule has 0 radical (unpaired) electrons. The van der Waals surface area contributed by atoms with Crippen molar-refractivity contribution < 1.29 is 18.8 Å². The number of aryl methyl sites for hydroxylation is 2. The topological polar surface area (TPSA) is 90.5 Å². The third kappa shape index (κ3) is 3.73. The highest BCUT2D eigenvalue weighted by Gasteiger charge is 2.35. The van der Waals surface area contributed by atoms with E-state index in [1.165, 1.54) is 0 Å². The van der Waals surface area contributed by atoms with Crippen molar-refractivity contribution in [2.75, 3.05) is 13.1 Å². The lowest BCUT2D eigenvalue weighted by Crippen LogP contribution is -2.44. The Morgan fingerprint density at radius 1 is 1.19 bits per heavy atom. The molecule has 1 saturated heterocycles. The number of amides is 1. The van der Waals surface area contributed by atoms with Crippen LogP contribution in [-0.2, 0) is 7.05 Å². The number of rotatable bonds is 3. The minimum absolute atomic E-state index is 0.137. The van der Waals surface area contributed by atoms with Crippen molar-refractivity contribution in [2.24, 2.45) is 13.0 Å². The lowest BCUT2D eigenvalue weighted by molar-refractivity contribution is 0.0432. The number of aromatic nitrogens is 3. The summed E-state index contributed by atoms with van der Waals surface area (Å²) in [5, 5.41) is 8.12. The predicted octanol–water partition coefficient (Wildman–Crippen LogP) is 3.27. The first-order valence-electron chi connectivity index (χ1n) is 10.5. The second-order valence-electron chi connectivity index (χ2n) is 8.39. The van der Waals surface area contributed by atoms with Crippen molar-refractivity contribution >= 4 is 11.7 Å². The summed E-state index contributed by atoms with van der Waals surface area (Å²) in [6.07, 6.45) is 5.34. The Morgan fingerprint density at radius 2 is 2.00 bits per heavy atom. The number of carbonyl (C=O) groups is 2. The second kappa shape index (κ2) is 7.68. The van der Waals surface area contributed by atoms with Gasteiger partial charge in [-0.25, -0.2) is 0 Å². The molecule has 2 aliphatic heterocycles. The summed E-state index contributed by atoms with van der Waals surface area (Å²) in [7, 11) is 1.82. The van der Waals surface area contributed by atoms with Crippen LogP contribution in [0.4, 0.5) is 0 Å². The van der Waals surface area contributed by atoms with Crippen molar-refractivity contribution in [3.8, 4) is 17.0 Å². The normalized spacial score (nSPS) is 19.2. The van der Waals surface area contributed by atoms with Crippen LogP contribution in [0.1, 0.15) is 45.7 Å². The average Bonchev–Trinajstić information content (AvgIpc) is 3.43. The van der Waals surface area contributed by atoms with Gasteiger partial charge in [0.25, 0.3) is 5.91 Å². The fraction of sp³-hybridized carbons (Fsp3) is 0.391. The minimum atomic E-state index is -0.164. The zero-order valence-electron chi connectivity index (χ0n) is 17.6. The Morgan fingerprint density at radius 3 is 2.74 bits per heavy atom. The monoisotopic (exact) mass is 420 g/mol. The van der Waals surface area contributed by atoms with Gasteiger partial charge in [-0.1, -0.05) is 16.8 Å². The van der Waals surface area contributed by atoms with Crippen molar-refractivity contribution in [3.05, 3.63) is 53.5 Å². The van der Waals surface area contributed by atoms with E-state index in [1.54, 1.807) is 21.8 Å². The van der Waals surface area contributed by atoms with Gasteiger partial charge >= 0.3 is 0 Å². The molecule has 0 saturated carbocycles. The van der Waals surface area contributed by atoms with Gasteiger partial charge in [0.15, 0.2) is 5.78 Å². The Kier molecular flexibility index (Phi) is 4.84. The second-order valence-corrected chi connectivity index (χ2v) is 8.39. The van der Waals surface area contributed by atoms with Crippen molar-refractivity contribution in [2.45, 2.75) is 32.3 Å². The number of carbonyl (C=O) groups excluding carboxylic acids is 2. The van der Waals surface area contributed by atoms with Crippen LogP contribution in [0.5, 0.6) is 5.75 Å². The van der Waals surface area contributed by atoms with Gasteiger partial charge in [0.2, 0.25) is 5.76 Å². The summed E-state index contributed by atoms with van der Waals surface area (Å²) in [6.45, 7) is 3.17. The molecule has 160 valence electrons. The number of likely N-dealkylation sites (tertiary alicyclic amines) is 1. The van der Waals surface area contributed by atoms with E-state index in [0.717, 1.165) is 24.0 Å². The van der Waals surface area contributed by atoms with Gasteiger partial charge < -0.3 is 14.2 Å². The average molecular weight is 420 g/mol. The zero-order valence-corrected chi connectivity index (χ0v) is 17.6. The highest BCUT2D eigenvalue weighted by molar-refractivity contribution is 6.00. The first-order chi connectivity index (χ1) is 15.0. The van der Waals surface area contributed by atoms with Gasteiger partial charge in [-0.05, 0) is 37.8 Å². The molecular formula is C23H24N4O4. The van der Waals surface area contributed by atoms with E-state index in [9.17, 15) is 9.59 Å². The lowest BCUT2D eigenvalue weighted by atomic mass is 9.85. The predicted molar refractivity (Wildman–Crippen MR) is 112 cm³/mol. The fourth-order valence-electron chi connectivity index (χ4n) is 4.42. The lowest BCUT2D eigenvalue weighted by Gasteiger charge is -2.37. The molecule has 0 N–H and O–H groups in total. The molecule has 1 amide bonds. The number of piperidine rings is 1. The van der Waals surface area contributed by atoms with Gasteiger partial charge in [0, 0.05) is 44.4 Å². The molecular weight excluding hydrogens is 396 g/mol. The molecule has 1 unspecified atom stereocenters. The van der Waals surface area contributed by atoms with Crippen molar-refractivity contribution in [3.63, 3.8) is 0 Å². The number of nitrogens with zero attached hydrogens (tertiary/aromatic N) is 4. The molecule has 4 heterocycles.